The zero-order valence-electron chi connectivity index (χ0n) is 11.6. The van der Waals surface area contributed by atoms with E-state index in [0.717, 1.165) is 26.1 Å². The lowest BCUT2D eigenvalue weighted by atomic mass is 10.1. The van der Waals surface area contributed by atoms with E-state index in [2.05, 4.69) is 11.8 Å². The number of hydrogen-bond acceptors (Lipinski definition) is 4. The van der Waals surface area contributed by atoms with Crippen molar-refractivity contribution in [2.24, 2.45) is 0 Å². The van der Waals surface area contributed by atoms with Gasteiger partial charge in [0.25, 0.3) is 11.6 Å². The minimum atomic E-state index is -0.476. The van der Waals surface area contributed by atoms with E-state index in [9.17, 15) is 14.9 Å². The SMILES string of the molecule is CCCN1CCN(C(=O)c2cccc([N+](=O)[O-])c2)CC1. The van der Waals surface area contributed by atoms with Crippen LogP contribution < -0.4 is 0 Å². The minimum Gasteiger partial charge on any atom is -0.336 e. The van der Waals surface area contributed by atoms with Crippen LogP contribution in [-0.2, 0) is 0 Å². The number of rotatable bonds is 4. The van der Waals surface area contributed by atoms with Gasteiger partial charge in [-0.05, 0) is 19.0 Å². The van der Waals surface area contributed by atoms with Gasteiger partial charge < -0.3 is 4.90 Å². The van der Waals surface area contributed by atoms with E-state index in [1.807, 2.05) is 0 Å². The number of amides is 1. The van der Waals surface area contributed by atoms with Crippen molar-refractivity contribution >= 4 is 11.6 Å². The van der Waals surface area contributed by atoms with Gasteiger partial charge in [-0.15, -0.1) is 0 Å². The number of hydrogen-bond donors (Lipinski definition) is 0. The Labute approximate surface area is 118 Å². The molecule has 0 radical (unpaired) electrons. The summed E-state index contributed by atoms with van der Waals surface area (Å²) >= 11 is 0. The highest BCUT2D eigenvalue weighted by Crippen LogP contribution is 2.15. The van der Waals surface area contributed by atoms with Crippen LogP contribution in [-0.4, -0.2) is 53.4 Å². The quantitative estimate of drug-likeness (QED) is 0.621. The number of piperazine rings is 1. The Morgan fingerprint density at radius 1 is 1.30 bits per heavy atom. The summed E-state index contributed by atoms with van der Waals surface area (Å²) in [5.74, 6) is -0.121. The molecule has 1 aromatic rings. The molecule has 2 rings (SSSR count). The van der Waals surface area contributed by atoms with Gasteiger partial charge in [0.15, 0.2) is 0 Å². The van der Waals surface area contributed by atoms with Gasteiger partial charge >= 0.3 is 0 Å². The van der Waals surface area contributed by atoms with Crippen molar-refractivity contribution in [1.82, 2.24) is 9.80 Å². The van der Waals surface area contributed by atoms with Gasteiger partial charge in [-0.1, -0.05) is 13.0 Å². The van der Waals surface area contributed by atoms with E-state index in [-0.39, 0.29) is 11.6 Å². The summed E-state index contributed by atoms with van der Waals surface area (Å²) in [6, 6.07) is 5.93. The summed E-state index contributed by atoms with van der Waals surface area (Å²) in [5, 5.41) is 10.7. The second-order valence-corrected chi connectivity index (χ2v) is 4.94. The second kappa shape index (κ2) is 6.47. The van der Waals surface area contributed by atoms with E-state index in [1.165, 1.54) is 12.1 Å². The van der Waals surface area contributed by atoms with Gasteiger partial charge in [-0.2, -0.15) is 0 Å². The Kier molecular flexibility index (Phi) is 4.68. The Bertz CT molecular complexity index is 496. The third-order valence-corrected chi connectivity index (χ3v) is 3.50. The maximum atomic E-state index is 12.3. The zero-order chi connectivity index (χ0) is 14.5. The number of non-ortho nitro benzene ring substituents is 1. The molecule has 0 atom stereocenters. The van der Waals surface area contributed by atoms with Crippen LogP contribution in [0, 0.1) is 10.1 Å². The monoisotopic (exact) mass is 277 g/mol. The molecule has 108 valence electrons. The van der Waals surface area contributed by atoms with Crippen LogP contribution in [0.2, 0.25) is 0 Å². The lowest BCUT2D eigenvalue weighted by Gasteiger charge is -2.34. The van der Waals surface area contributed by atoms with Crippen molar-refractivity contribution in [3.8, 4) is 0 Å². The molecule has 1 aliphatic heterocycles. The molecule has 0 N–H and O–H groups in total. The highest BCUT2D eigenvalue weighted by Gasteiger charge is 2.22. The molecule has 0 aliphatic carbocycles. The summed E-state index contributed by atoms with van der Waals surface area (Å²) in [4.78, 5) is 26.7. The maximum Gasteiger partial charge on any atom is 0.270 e. The molecular weight excluding hydrogens is 258 g/mol. The first-order valence-corrected chi connectivity index (χ1v) is 6.88. The smallest absolute Gasteiger partial charge is 0.270 e. The molecule has 1 heterocycles. The van der Waals surface area contributed by atoms with Crippen molar-refractivity contribution in [3.63, 3.8) is 0 Å². The van der Waals surface area contributed by atoms with Gasteiger partial charge in [-0.25, -0.2) is 0 Å². The number of nitrogens with zero attached hydrogens (tertiary/aromatic N) is 3. The Hall–Kier alpha value is -1.95. The topological polar surface area (TPSA) is 66.7 Å². The van der Waals surface area contributed by atoms with Crippen molar-refractivity contribution in [2.75, 3.05) is 32.7 Å². The van der Waals surface area contributed by atoms with E-state index >= 15 is 0 Å². The predicted octanol–water partition coefficient (Wildman–Crippen LogP) is 1.76. The fourth-order valence-electron chi connectivity index (χ4n) is 2.43. The fraction of sp³-hybridized carbons (Fsp3) is 0.500. The van der Waals surface area contributed by atoms with Crippen LogP contribution in [0.4, 0.5) is 5.69 Å². The van der Waals surface area contributed by atoms with Crippen molar-refractivity contribution in [3.05, 3.63) is 39.9 Å². The van der Waals surface area contributed by atoms with Gasteiger partial charge in [0.05, 0.1) is 4.92 Å². The molecule has 0 unspecified atom stereocenters. The van der Waals surface area contributed by atoms with Gasteiger partial charge in [0.1, 0.15) is 0 Å². The van der Waals surface area contributed by atoms with Gasteiger partial charge in [0, 0.05) is 43.9 Å². The molecule has 0 saturated carbocycles. The summed E-state index contributed by atoms with van der Waals surface area (Å²) in [6.07, 6.45) is 1.11. The Morgan fingerprint density at radius 2 is 2.00 bits per heavy atom. The summed E-state index contributed by atoms with van der Waals surface area (Å²) in [6.45, 7) is 6.30. The van der Waals surface area contributed by atoms with Crippen LogP contribution in [0.1, 0.15) is 23.7 Å². The average Bonchev–Trinajstić information content (AvgIpc) is 2.48. The predicted molar refractivity (Wildman–Crippen MR) is 75.7 cm³/mol. The molecule has 6 nitrogen and oxygen atoms in total. The van der Waals surface area contributed by atoms with Crippen LogP contribution in [0.5, 0.6) is 0 Å². The number of nitro benzene ring substituents is 1. The van der Waals surface area contributed by atoms with Crippen LogP contribution in [0.15, 0.2) is 24.3 Å². The average molecular weight is 277 g/mol. The third kappa shape index (κ3) is 3.33. The van der Waals surface area contributed by atoms with E-state index < -0.39 is 4.92 Å². The lowest BCUT2D eigenvalue weighted by Crippen LogP contribution is -2.48. The summed E-state index contributed by atoms with van der Waals surface area (Å²) in [7, 11) is 0. The molecule has 1 amide bonds. The van der Waals surface area contributed by atoms with Crippen molar-refractivity contribution in [2.45, 2.75) is 13.3 Å². The fourth-order valence-corrected chi connectivity index (χ4v) is 2.43. The maximum absolute atomic E-state index is 12.3. The summed E-state index contributed by atoms with van der Waals surface area (Å²) < 4.78 is 0. The molecule has 0 spiro atoms. The van der Waals surface area contributed by atoms with Crippen LogP contribution in [0.3, 0.4) is 0 Å². The van der Waals surface area contributed by atoms with Crippen molar-refractivity contribution < 1.29 is 9.72 Å². The number of carbonyl (C=O) groups is 1. The number of nitro groups is 1. The van der Waals surface area contributed by atoms with E-state index in [0.29, 0.717) is 18.7 Å². The Balaban J connectivity index is 2.02. The molecule has 0 bridgehead atoms. The van der Waals surface area contributed by atoms with E-state index in [1.54, 1.807) is 17.0 Å². The Morgan fingerprint density at radius 3 is 2.60 bits per heavy atom. The van der Waals surface area contributed by atoms with Crippen molar-refractivity contribution in [1.29, 1.82) is 0 Å². The normalized spacial score (nSPS) is 16.1. The van der Waals surface area contributed by atoms with Gasteiger partial charge in [-0.3, -0.25) is 19.8 Å². The first kappa shape index (κ1) is 14.5. The molecular formula is C14H19N3O3. The largest absolute Gasteiger partial charge is 0.336 e. The molecule has 1 saturated heterocycles. The number of carbonyl (C=O) groups excluding carboxylic acids is 1. The minimum absolute atomic E-state index is 0.0412. The highest BCUT2D eigenvalue weighted by molar-refractivity contribution is 5.94. The molecule has 1 aromatic carbocycles. The standard InChI is InChI=1S/C14H19N3O3/c1-2-6-15-7-9-16(10-8-15)14(18)12-4-3-5-13(11-12)17(19)20/h3-5,11H,2,6-10H2,1H3. The molecule has 20 heavy (non-hydrogen) atoms. The van der Waals surface area contributed by atoms with Gasteiger partial charge in [0.2, 0.25) is 0 Å². The first-order chi connectivity index (χ1) is 9.61. The van der Waals surface area contributed by atoms with Crippen LogP contribution in [0.25, 0.3) is 0 Å². The van der Waals surface area contributed by atoms with E-state index in [4.69, 9.17) is 0 Å². The molecule has 6 heteroatoms. The summed E-state index contributed by atoms with van der Waals surface area (Å²) in [5.41, 5.74) is 0.351. The van der Waals surface area contributed by atoms with Crippen LogP contribution >= 0.6 is 0 Å². The first-order valence-electron chi connectivity index (χ1n) is 6.88. The second-order valence-electron chi connectivity index (χ2n) is 4.94. The third-order valence-electron chi connectivity index (χ3n) is 3.50. The zero-order valence-corrected chi connectivity index (χ0v) is 11.6. The molecule has 1 fully saturated rings. The highest BCUT2D eigenvalue weighted by atomic mass is 16.6. The molecule has 1 aliphatic rings. The molecule has 0 aromatic heterocycles. The lowest BCUT2D eigenvalue weighted by molar-refractivity contribution is -0.384. The number of benzene rings is 1.